The Labute approximate surface area is 189 Å². The molecule has 29 heavy (non-hydrogen) atoms. The van der Waals surface area contributed by atoms with Crippen LogP contribution in [0.4, 0.5) is 0 Å². The van der Waals surface area contributed by atoms with Crippen LogP contribution in [0.5, 0.6) is 23.0 Å². The van der Waals surface area contributed by atoms with Gasteiger partial charge in [-0.25, -0.2) is 0 Å². The molecule has 0 aliphatic heterocycles. The number of halogens is 1. The molecule has 0 heterocycles. The highest BCUT2D eigenvalue weighted by atomic mass is 127. The lowest BCUT2D eigenvalue weighted by atomic mass is 10.1. The van der Waals surface area contributed by atoms with Crippen molar-refractivity contribution in [2.45, 2.75) is 13.0 Å². The number of benzene rings is 2. The molecular weight excluding hydrogens is 485 g/mol. The van der Waals surface area contributed by atoms with E-state index in [0.717, 1.165) is 24.3 Å². The summed E-state index contributed by atoms with van der Waals surface area (Å²) in [6, 6.07) is 11.9. The van der Waals surface area contributed by atoms with Crippen molar-refractivity contribution in [1.29, 1.82) is 0 Å². The van der Waals surface area contributed by atoms with Gasteiger partial charge in [0.25, 0.3) is 0 Å². The first-order valence-electron chi connectivity index (χ1n) is 9.02. The molecule has 7 nitrogen and oxygen atoms in total. The Hall–Kier alpha value is -2.36. The largest absolute Gasteiger partial charge is 0.497 e. The fourth-order valence-corrected chi connectivity index (χ4v) is 2.82. The van der Waals surface area contributed by atoms with Crippen molar-refractivity contribution in [2.75, 3.05) is 42.0 Å². The lowest BCUT2D eigenvalue weighted by Gasteiger charge is -2.17. The van der Waals surface area contributed by atoms with Gasteiger partial charge in [0.1, 0.15) is 5.75 Å². The number of hydrogen-bond donors (Lipinski definition) is 2. The smallest absolute Gasteiger partial charge is 0.203 e. The van der Waals surface area contributed by atoms with Crippen LogP contribution in [-0.2, 0) is 13.0 Å². The lowest BCUT2D eigenvalue weighted by Crippen LogP contribution is -2.37. The summed E-state index contributed by atoms with van der Waals surface area (Å²) in [5.74, 6) is 3.42. The van der Waals surface area contributed by atoms with Gasteiger partial charge in [-0.1, -0.05) is 12.1 Å². The van der Waals surface area contributed by atoms with Crippen molar-refractivity contribution in [2.24, 2.45) is 4.99 Å². The van der Waals surface area contributed by atoms with E-state index in [1.54, 1.807) is 35.5 Å². The summed E-state index contributed by atoms with van der Waals surface area (Å²) >= 11 is 0. The molecule has 2 aromatic rings. The van der Waals surface area contributed by atoms with E-state index in [0.29, 0.717) is 29.8 Å². The molecule has 0 bridgehead atoms. The third kappa shape index (κ3) is 6.88. The van der Waals surface area contributed by atoms with Gasteiger partial charge in [0.05, 0.1) is 28.4 Å². The summed E-state index contributed by atoms with van der Waals surface area (Å²) in [7, 11) is 8.22. The molecule has 2 N–H and O–H groups in total. The first-order chi connectivity index (χ1) is 13.7. The van der Waals surface area contributed by atoms with Crippen LogP contribution in [0.3, 0.4) is 0 Å². The van der Waals surface area contributed by atoms with Crippen LogP contribution >= 0.6 is 24.0 Å². The number of nitrogens with one attached hydrogen (secondary N) is 2. The van der Waals surface area contributed by atoms with Crippen LogP contribution in [-0.4, -0.2) is 48.0 Å². The van der Waals surface area contributed by atoms with E-state index in [9.17, 15) is 0 Å². The van der Waals surface area contributed by atoms with Gasteiger partial charge >= 0.3 is 0 Å². The molecule has 0 amide bonds. The van der Waals surface area contributed by atoms with Gasteiger partial charge in [-0.2, -0.15) is 0 Å². The Balaban J connectivity index is 0.00000420. The van der Waals surface area contributed by atoms with Gasteiger partial charge in [-0.15, -0.1) is 24.0 Å². The fourth-order valence-electron chi connectivity index (χ4n) is 2.82. The van der Waals surface area contributed by atoms with E-state index in [-0.39, 0.29) is 24.0 Å². The van der Waals surface area contributed by atoms with Gasteiger partial charge in [0, 0.05) is 25.7 Å². The van der Waals surface area contributed by atoms with Crippen molar-refractivity contribution in [3.05, 3.63) is 47.5 Å². The molecular formula is C21H30IN3O4. The Morgan fingerprint density at radius 1 is 0.828 bits per heavy atom. The van der Waals surface area contributed by atoms with Gasteiger partial charge in [-0.05, 0) is 36.2 Å². The molecule has 0 atom stereocenters. The summed E-state index contributed by atoms with van der Waals surface area (Å²) in [5.41, 5.74) is 2.17. The van der Waals surface area contributed by atoms with Crippen molar-refractivity contribution >= 4 is 29.9 Å². The quantitative estimate of drug-likeness (QED) is 0.304. The second-order valence-corrected chi connectivity index (χ2v) is 5.94. The molecule has 0 fully saturated rings. The van der Waals surface area contributed by atoms with Gasteiger partial charge in [-0.3, -0.25) is 4.99 Å². The Morgan fingerprint density at radius 3 is 2.07 bits per heavy atom. The van der Waals surface area contributed by atoms with E-state index in [1.165, 1.54) is 5.56 Å². The average molecular weight is 515 g/mol. The molecule has 0 aliphatic rings. The third-order valence-electron chi connectivity index (χ3n) is 4.32. The summed E-state index contributed by atoms with van der Waals surface area (Å²) in [6.45, 7) is 1.29. The molecule has 0 saturated heterocycles. The van der Waals surface area contributed by atoms with Crippen molar-refractivity contribution < 1.29 is 18.9 Å². The maximum Gasteiger partial charge on any atom is 0.203 e. The lowest BCUT2D eigenvalue weighted by molar-refractivity contribution is 0.322. The highest BCUT2D eigenvalue weighted by Gasteiger charge is 2.15. The first kappa shape index (κ1) is 24.7. The number of rotatable bonds is 9. The number of guanidine groups is 1. The van der Waals surface area contributed by atoms with Crippen LogP contribution in [0.1, 0.15) is 11.1 Å². The molecule has 0 radical (unpaired) electrons. The van der Waals surface area contributed by atoms with Crippen LogP contribution in [0.2, 0.25) is 0 Å². The number of hydrogen-bond acceptors (Lipinski definition) is 5. The molecule has 8 heteroatoms. The second kappa shape index (κ2) is 13.0. The predicted molar refractivity (Wildman–Crippen MR) is 126 cm³/mol. The van der Waals surface area contributed by atoms with E-state index < -0.39 is 0 Å². The van der Waals surface area contributed by atoms with E-state index >= 15 is 0 Å². The number of aliphatic imine (C=N–C) groups is 1. The highest BCUT2D eigenvalue weighted by molar-refractivity contribution is 14.0. The van der Waals surface area contributed by atoms with Gasteiger partial charge in [0.15, 0.2) is 17.5 Å². The van der Waals surface area contributed by atoms with Crippen LogP contribution in [0, 0.1) is 0 Å². The Morgan fingerprint density at radius 2 is 1.52 bits per heavy atom. The van der Waals surface area contributed by atoms with Gasteiger partial charge in [0.2, 0.25) is 5.75 Å². The predicted octanol–water partition coefficient (Wildman–Crippen LogP) is 3.25. The molecule has 160 valence electrons. The molecule has 0 aromatic heterocycles. The van der Waals surface area contributed by atoms with Crippen LogP contribution in [0.25, 0.3) is 0 Å². The third-order valence-corrected chi connectivity index (χ3v) is 4.32. The maximum absolute atomic E-state index is 5.52. The molecule has 2 aromatic carbocycles. The minimum atomic E-state index is 0. The minimum Gasteiger partial charge on any atom is -0.497 e. The summed E-state index contributed by atoms with van der Waals surface area (Å²) in [4.78, 5) is 4.27. The Bertz CT molecular complexity index is 782. The highest BCUT2D eigenvalue weighted by Crippen LogP contribution is 2.39. The minimum absolute atomic E-state index is 0. The van der Waals surface area contributed by atoms with E-state index in [2.05, 4.69) is 27.8 Å². The molecule has 0 aliphatic carbocycles. The molecule has 2 rings (SSSR count). The van der Waals surface area contributed by atoms with Crippen LogP contribution in [0.15, 0.2) is 41.4 Å². The Kier molecular flexibility index (Phi) is 11.0. The van der Waals surface area contributed by atoms with Crippen LogP contribution < -0.4 is 29.6 Å². The van der Waals surface area contributed by atoms with Crippen molar-refractivity contribution in [3.63, 3.8) is 0 Å². The average Bonchev–Trinajstić information content (AvgIpc) is 2.75. The number of methoxy groups -OCH3 is 4. The van der Waals surface area contributed by atoms with E-state index in [4.69, 9.17) is 18.9 Å². The second-order valence-electron chi connectivity index (χ2n) is 5.94. The zero-order valence-electron chi connectivity index (χ0n) is 17.6. The zero-order valence-corrected chi connectivity index (χ0v) is 19.9. The van der Waals surface area contributed by atoms with Gasteiger partial charge < -0.3 is 29.6 Å². The summed E-state index contributed by atoms with van der Waals surface area (Å²) in [5, 5.41) is 6.61. The normalized spacial score (nSPS) is 10.6. The first-order valence-corrected chi connectivity index (χ1v) is 9.02. The van der Waals surface area contributed by atoms with Crippen molar-refractivity contribution in [3.8, 4) is 23.0 Å². The summed E-state index contributed by atoms with van der Waals surface area (Å²) < 4.78 is 21.5. The topological polar surface area (TPSA) is 73.3 Å². The zero-order chi connectivity index (χ0) is 20.4. The number of nitrogens with zero attached hydrogens (tertiary/aromatic N) is 1. The molecule has 0 saturated carbocycles. The SMILES string of the molecule is CN=C(NCCc1ccc(OC)cc1)NCc1ccc(OC)c(OC)c1OC.I. The molecule has 0 unspecified atom stereocenters. The van der Waals surface area contributed by atoms with Crippen molar-refractivity contribution in [1.82, 2.24) is 10.6 Å². The maximum atomic E-state index is 5.52. The fraction of sp³-hybridized carbons (Fsp3) is 0.381. The molecule has 0 spiro atoms. The summed E-state index contributed by atoms with van der Waals surface area (Å²) in [6.07, 6.45) is 0.879. The van der Waals surface area contributed by atoms with E-state index in [1.807, 2.05) is 24.3 Å². The monoisotopic (exact) mass is 515 g/mol. The number of ether oxygens (including phenoxy) is 4. The standard InChI is InChI=1S/C21H29N3O4.HI/c1-22-21(23-13-12-15-6-9-17(25-2)10-7-15)24-14-16-8-11-18(26-3)20(28-5)19(16)27-4;/h6-11H,12-14H2,1-5H3,(H2,22,23,24);1H.